The van der Waals surface area contributed by atoms with Crippen LogP contribution in [0.2, 0.25) is 0 Å². The molecule has 0 radical (unpaired) electrons. The second-order valence-electron chi connectivity index (χ2n) is 4.02. The third-order valence-electron chi connectivity index (χ3n) is 2.50. The van der Waals surface area contributed by atoms with Gasteiger partial charge in [0.05, 0.1) is 0 Å². The SMILES string of the molecule is C=C(C)CC(C)c1cccc(F)c1C. The Morgan fingerprint density at radius 3 is 2.71 bits per heavy atom. The number of benzene rings is 1. The van der Waals surface area contributed by atoms with Crippen LogP contribution in [0.3, 0.4) is 0 Å². The minimum atomic E-state index is -0.115. The lowest BCUT2D eigenvalue weighted by molar-refractivity contribution is 0.609. The average Bonchev–Trinajstić information content (AvgIpc) is 2.08. The quantitative estimate of drug-likeness (QED) is 0.629. The number of allylic oxidation sites excluding steroid dienone is 1. The highest BCUT2D eigenvalue weighted by atomic mass is 19.1. The molecule has 1 unspecified atom stereocenters. The maximum absolute atomic E-state index is 13.3. The lowest BCUT2D eigenvalue weighted by Crippen LogP contribution is -1.99. The predicted octanol–water partition coefficient (Wildman–Crippen LogP) is 4.20. The molecular formula is C13H17F. The van der Waals surface area contributed by atoms with Crippen LogP contribution in [0.4, 0.5) is 4.39 Å². The van der Waals surface area contributed by atoms with Gasteiger partial charge in [-0.1, -0.05) is 24.6 Å². The summed E-state index contributed by atoms with van der Waals surface area (Å²) in [5.74, 6) is 0.235. The van der Waals surface area contributed by atoms with Crippen molar-refractivity contribution < 1.29 is 4.39 Å². The first-order valence-electron chi connectivity index (χ1n) is 4.91. The zero-order valence-electron chi connectivity index (χ0n) is 9.10. The van der Waals surface area contributed by atoms with Crippen LogP contribution in [0.15, 0.2) is 30.4 Å². The minimum Gasteiger partial charge on any atom is -0.207 e. The summed E-state index contributed by atoms with van der Waals surface area (Å²) in [4.78, 5) is 0. The van der Waals surface area contributed by atoms with Crippen molar-refractivity contribution in [1.29, 1.82) is 0 Å². The first kappa shape index (κ1) is 11.0. The van der Waals surface area contributed by atoms with Crippen LogP contribution < -0.4 is 0 Å². The van der Waals surface area contributed by atoms with Crippen molar-refractivity contribution in [1.82, 2.24) is 0 Å². The smallest absolute Gasteiger partial charge is 0.126 e. The molecule has 0 N–H and O–H groups in total. The fourth-order valence-corrected chi connectivity index (χ4v) is 1.79. The van der Waals surface area contributed by atoms with Gasteiger partial charge >= 0.3 is 0 Å². The van der Waals surface area contributed by atoms with E-state index in [-0.39, 0.29) is 5.82 Å². The maximum atomic E-state index is 13.3. The van der Waals surface area contributed by atoms with Crippen LogP contribution in [0.5, 0.6) is 0 Å². The van der Waals surface area contributed by atoms with Crippen molar-refractivity contribution in [3.8, 4) is 0 Å². The van der Waals surface area contributed by atoms with Crippen molar-refractivity contribution in [3.63, 3.8) is 0 Å². The van der Waals surface area contributed by atoms with E-state index >= 15 is 0 Å². The third kappa shape index (κ3) is 2.44. The molecule has 0 saturated heterocycles. The Kier molecular flexibility index (Phi) is 3.45. The number of halogens is 1. The molecule has 0 aliphatic heterocycles. The van der Waals surface area contributed by atoms with Gasteiger partial charge < -0.3 is 0 Å². The fourth-order valence-electron chi connectivity index (χ4n) is 1.79. The highest BCUT2D eigenvalue weighted by molar-refractivity contribution is 5.30. The second kappa shape index (κ2) is 4.41. The summed E-state index contributed by atoms with van der Waals surface area (Å²) in [5.41, 5.74) is 3.00. The van der Waals surface area contributed by atoms with E-state index in [2.05, 4.69) is 13.5 Å². The van der Waals surface area contributed by atoms with Gasteiger partial charge in [-0.25, -0.2) is 4.39 Å². The van der Waals surface area contributed by atoms with Crippen LogP contribution in [0, 0.1) is 12.7 Å². The van der Waals surface area contributed by atoms with E-state index in [0.29, 0.717) is 5.92 Å². The van der Waals surface area contributed by atoms with Gasteiger partial charge in [-0.2, -0.15) is 0 Å². The molecule has 0 bridgehead atoms. The molecule has 1 rings (SSSR count). The summed E-state index contributed by atoms with van der Waals surface area (Å²) in [6, 6.07) is 5.27. The van der Waals surface area contributed by atoms with Crippen LogP contribution in [-0.2, 0) is 0 Å². The zero-order valence-corrected chi connectivity index (χ0v) is 9.10. The average molecular weight is 192 g/mol. The van der Waals surface area contributed by atoms with Crippen molar-refractivity contribution in [2.75, 3.05) is 0 Å². The molecule has 0 nitrogen and oxygen atoms in total. The van der Waals surface area contributed by atoms with Gasteiger partial charge in [0, 0.05) is 0 Å². The summed E-state index contributed by atoms with van der Waals surface area (Å²) in [6.07, 6.45) is 0.921. The second-order valence-corrected chi connectivity index (χ2v) is 4.02. The van der Waals surface area contributed by atoms with Gasteiger partial charge in [-0.05, 0) is 43.4 Å². The van der Waals surface area contributed by atoms with E-state index in [1.165, 1.54) is 6.07 Å². The summed E-state index contributed by atoms with van der Waals surface area (Å²) in [7, 11) is 0. The van der Waals surface area contributed by atoms with E-state index in [1.54, 1.807) is 6.07 Å². The van der Waals surface area contributed by atoms with Crippen molar-refractivity contribution in [2.24, 2.45) is 0 Å². The third-order valence-corrected chi connectivity index (χ3v) is 2.50. The molecule has 76 valence electrons. The van der Waals surface area contributed by atoms with Crippen molar-refractivity contribution in [3.05, 3.63) is 47.3 Å². The van der Waals surface area contributed by atoms with Crippen molar-refractivity contribution in [2.45, 2.75) is 33.1 Å². The minimum absolute atomic E-state index is 0.115. The monoisotopic (exact) mass is 192 g/mol. The zero-order chi connectivity index (χ0) is 10.7. The Hall–Kier alpha value is -1.11. The molecule has 1 aromatic carbocycles. The lowest BCUT2D eigenvalue weighted by Gasteiger charge is -2.14. The first-order chi connectivity index (χ1) is 6.52. The van der Waals surface area contributed by atoms with Crippen LogP contribution >= 0.6 is 0 Å². The van der Waals surface area contributed by atoms with Gasteiger partial charge in [-0.3, -0.25) is 0 Å². The summed E-state index contributed by atoms with van der Waals surface area (Å²) in [5, 5.41) is 0. The standard InChI is InChI=1S/C13H17F/c1-9(2)8-10(3)12-6-5-7-13(14)11(12)4/h5-7,10H,1,8H2,2-4H3. The van der Waals surface area contributed by atoms with Crippen LogP contribution in [-0.4, -0.2) is 0 Å². The van der Waals surface area contributed by atoms with Gasteiger partial charge in [0.15, 0.2) is 0 Å². The van der Waals surface area contributed by atoms with E-state index < -0.39 is 0 Å². The van der Waals surface area contributed by atoms with Gasteiger partial charge in [-0.15, -0.1) is 6.58 Å². The Balaban J connectivity index is 2.95. The van der Waals surface area contributed by atoms with Crippen molar-refractivity contribution >= 4 is 0 Å². The van der Waals surface area contributed by atoms with Gasteiger partial charge in [0.1, 0.15) is 5.82 Å². The lowest BCUT2D eigenvalue weighted by atomic mass is 9.91. The highest BCUT2D eigenvalue weighted by Crippen LogP contribution is 2.26. The molecule has 0 saturated carbocycles. The highest BCUT2D eigenvalue weighted by Gasteiger charge is 2.10. The molecule has 0 spiro atoms. The Morgan fingerprint density at radius 2 is 2.14 bits per heavy atom. The first-order valence-corrected chi connectivity index (χ1v) is 4.91. The molecule has 1 aromatic rings. The molecular weight excluding hydrogens is 175 g/mol. The maximum Gasteiger partial charge on any atom is 0.126 e. The van der Waals surface area contributed by atoms with Crippen LogP contribution in [0.25, 0.3) is 0 Å². The fraction of sp³-hybridized carbons (Fsp3) is 0.385. The summed E-state index contributed by atoms with van der Waals surface area (Å²) >= 11 is 0. The predicted molar refractivity (Wildman–Crippen MR) is 59.0 cm³/mol. The summed E-state index contributed by atoms with van der Waals surface area (Å²) < 4.78 is 13.3. The molecule has 0 fully saturated rings. The van der Waals surface area contributed by atoms with Crippen LogP contribution in [0.1, 0.15) is 37.3 Å². The van der Waals surface area contributed by atoms with E-state index in [1.807, 2.05) is 19.9 Å². The molecule has 14 heavy (non-hydrogen) atoms. The molecule has 0 aliphatic rings. The normalized spacial score (nSPS) is 12.6. The van der Waals surface area contributed by atoms with E-state index in [4.69, 9.17) is 0 Å². The molecule has 1 heteroatoms. The molecule has 0 aromatic heterocycles. The molecule has 1 atom stereocenters. The van der Waals surface area contributed by atoms with E-state index in [0.717, 1.165) is 23.1 Å². The number of hydrogen-bond acceptors (Lipinski definition) is 0. The van der Waals surface area contributed by atoms with Gasteiger partial charge in [0.2, 0.25) is 0 Å². The topological polar surface area (TPSA) is 0 Å². The Bertz CT molecular complexity index is 339. The molecule has 0 aliphatic carbocycles. The Labute approximate surface area is 85.5 Å². The number of hydrogen-bond donors (Lipinski definition) is 0. The number of rotatable bonds is 3. The molecule has 0 amide bonds. The van der Waals surface area contributed by atoms with E-state index in [9.17, 15) is 4.39 Å². The largest absolute Gasteiger partial charge is 0.207 e. The Morgan fingerprint density at radius 1 is 1.50 bits per heavy atom. The molecule has 0 heterocycles. The van der Waals surface area contributed by atoms with Gasteiger partial charge in [0.25, 0.3) is 0 Å². The summed E-state index contributed by atoms with van der Waals surface area (Å²) in [6.45, 7) is 9.82.